The highest BCUT2D eigenvalue weighted by Crippen LogP contribution is 2.36. The number of pyridine rings is 1. The fraction of sp³-hybridized carbons (Fsp3) is 0. The first kappa shape index (κ1) is 25.3. The Bertz CT molecular complexity index is 2550. The molecule has 6 aromatic carbocycles. The van der Waals surface area contributed by atoms with E-state index in [0.717, 1.165) is 49.2 Å². The molecule has 9 rings (SSSR count). The van der Waals surface area contributed by atoms with Crippen LogP contribution >= 0.6 is 0 Å². The summed E-state index contributed by atoms with van der Waals surface area (Å²) in [6.45, 7) is 0. The monoisotopic (exact) mass is 576 g/mol. The number of furan rings is 1. The predicted molar refractivity (Wildman–Crippen MR) is 182 cm³/mol. The molecule has 0 saturated heterocycles. The molecule has 3 heterocycles. The van der Waals surface area contributed by atoms with Gasteiger partial charge in [-0.3, -0.25) is 0 Å². The van der Waals surface area contributed by atoms with E-state index in [0.29, 0.717) is 23.2 Å². The number of rotatable bonds is 4. The Labute approximate surface area is 258 Å². The Kier molecular flexibility index (Phi) is 5.74. The zero-order valence-corrected chi connectivity index (χ0v) is 24.1. The number of fused-ring (bicyclic) bond motifs is 5. The molecule has 5 nitrogen and oxygen atoms in total. The molecule has 0 aliphatic heterocycles. The van der Waals surface area contributed by atoms with Crippen LogP contribution in [-0.2, 0) is 0 Å². The quantitative estimate of drug-likeness (QED) is 0.209. The van der Waals surface area contributed by atoms with Crippen molar-refractivity contribution in [2.24, 2.45) is 0 Å². The van der Waals surface area contributed by atoms with E-state index in [4.69, 9.17) is 19.4 Å². The van der Waals surface area contributed by atoms with Gasteiger partial charge in [0.05, 0.1) is 5.39 Å². The topological polar surface area (TPSA) is 64.7 Å². The van der Waals surface area contributed by atoms with Gasteiger partial charge in [0.1, 0.15) is 5.58 Å². The molecule has 0 unspecified atom stereocenters. The van der Waals surface area contributed by atoms with E-state index in [2.05, 4.69) is 96.0 Å². The lowest BCUT2D eigenvalue weighted by atomic mass is 10.00. The highest BCUT2D eigenvalue weighted by atomic mass is 16.3. The van der Waals surface area contributed by atoms with Gasteiger partial charge in [0.25, 0.3) is 0 Å². The molecule has 3 aromatic heterocycles. The number of nitrogens with zero attached hydrogens (tertiary/aromatic N) is 4. The van der Waals surface area contributed by atoms with Crippen molar-refractivity contribution in [3.8, 4) is 45.3 Å². The Morgan fingerprint density at radius 3 is 1.78 bits per heavy atom. The number of para-hydroxylation sites is 1. The largest absolute Gasteiger partial charge is 0.438 e. The normalized spacial score (nSPS) is 11.6. The number of aromatic nitrogens is 4. The van der Waals surface area contributed by atoms with Crippen LogP contribution in [0.15, 0.2) is 150 Å². The van der Waals surface area contributed by atoms with Crippen molar-refractivity contribution < 1.29 is 4.42 Å². The van der Waals surface area contributed by atoms with Gasteiger partial charge in [-0.25, -0.2) is 19.9 Å². The van der Waals surface area contributed by atoms with Crippen molar-refractivity contribution in [2.45, 2.75) is 0 Å². The average molecular weight is 577 g/mol. The minimum Gasteiger partial charge on any atom is -0.438 e. The smallest absolute Gasteiger partial charge is 0.228 e. The SMILES string of the molecule is c1ccc(-c2ccc3cc(-c4nc(-c5ccc6ccccc6c5)nc(-c5ccnc6oc7ccccc7c56)n4)ccc3c2)cc1. The van der Waals surface area contributed by atoms with E-state index in [1.54, 1.807) is 6.20 Å². The standard InChI is InChI=1S/C40H24N4O/c1-2-8-25(9-3-1)28-15-16-30-24-32(19-17-29(30)22-28)38-42-37(31-18-14-26-10-4-5-11-27(26)23-31)43-39(44-38)34-20-21-41-40-36(34)33-12-6-7-13-35(33)45-40/h1-24H. The van der Waals surface area contributed by atoms with E-state index < -0.39 is 0 Å². The summed E-state index contributed by atoms with van der Waals surface area (Å²) in [5.74, 6) is 1.79. The fourth-order valence-electron chi connectivity index (χ4n) is 6.11. The summed E-state index contributed by atoms with van der Waals surface area (Å²) in [6.07, 6.45) is 1.75. The molecule has 0 bridgehead atoms. The predicted octanol–water partition coefficient (Wildman–Crippen LogP) is 10.1. The van der Waals surface area contributed by atoms with Crippen LogP contribution in [0.2, 0.25) is 0 Å². The Balaban J connectivity index is 1.25. The molecular formula is C40H24N4O. The summed E-state index contributed by atoms with van der Waals surface area (Å²) in [6, 6.07) is 48.0. The molecule has 0 aliphatic rings. The van der Waals surface area contributed by atoms with Crippen LogP contribution in [0.4, 0.5) is 0 Å². The van der Waals surface area contributed by atoms with Crippen LogP contribution < -0.4 is 0 Å². The summed E-state index contributed by atoms with van der Waals surface area (Å²) in [7, 11) is 0. The highest BCUT2D eigenvalue weighted by molar-refractivity contribution is 6.10. The second-order valence-corrected chi connectivity index (χ2v) is 11.1. The molecule has 0 saturated carbocycles. The van der Waals surface area contributed by atoms with Gasteiger partial charge < -0.3 is 4.42 Å². The first-order valence-corrected chi connectivity index (χ1v) is 14.9. The molecule has 0 amide bonds. The van der Waals surface area contributed by atoms with Crippen LogP contribution in [0.3, 0.4) is 0 Å². The Morgan fingerprint density at radius 1 is 0.422 bits per heavy atom. The summed E-state index contributed by atoms with van der Waals surface area (Å²) >= 11 is 0. The Hall–Kier alpha value is -6.20. The van der Waals surface area contributed by atoms with E-state index >= 15 is 0 Å². The van der Waals surface area contributed by atoms with Gasteiger partial charge in [0, 0.05) is 28.3 Å². The highest BCUT2D eigenvalue weighted by Gasteiger charge is 2.18. The molecule has 0 atom stereocenters. The van der Waals surface area contributed by atoms with Crippen LogP contribution in [0.1, 0.15) is 0 Å². The minimum atomic E-state index is 0.558. The Morgan fingerprint density at radius 2 is 1.00 bits per heavy atom. The number of benzene rings is 6. The lowest BCUT2D eigenvalue weighted by molar-refractivity contribution is 0.654. The second kappa shape index (κ2) is 10.2. The molecule has 0 N–H and O–H groups in total. The van der Waals surface area contributed by atoms with Crippen molar-refractivity contribution >= 4 is 43.6 Å². The first-order valence-electron chi connectivity index (χ1n) is 14.9. The van der Waals surface area contributed by atoms with Crippen molar-refractivity contribution in [1.82, 2.24) is 19.9 Å². The van der Waals surface area contributed by atoms with Crippen molar-refractivity contribution in [3.05, 3.63) is 146 Å². The van der Waals surface area contributed by atoms with Gasteiger partial charge in [-0.15, -0.1) is 0 Å². The third-order valence-corrected chi connectivity index (χ3v) is 8.37. The molecule has 45 heavy (non-hydrogen) atoms. The minimum absolute atomic E-state index is 0.558. The lowest BCUT2D eigenvalue weighted by Crippen LogP contribution is -2.00. The molecule has 0 spiro atoms. The van der Waals surface area contributed by atoms with Gasteiger partial charge in [-0.1, -0.05) is 109 Å². The third kappa shape index (κ3) is 4.41. The zero-order chi connectivity index (χ0) is 29.7. The number of hydrogen-bond acceptors (Lipinski definition) is 5. The van der Waals surface area contributed by atoms with E-state index in [-0.39, 0.29) is 0 Å². The molecule has 0 aliphatic carbocycles. The van der Waals surface area contributed by atoms with Gasteiger partial charge >= 0.3 is 0 Å². The van der Waals surface area contributed by atoms with Crippen molar-refractivity contribution in [2.75, 3.05) is 0 Å². The van der Waals surface area contributed by atoms with Gasteiger partial charge in [-0.05, 0) is 63.0 Å². The summed E-state index contributed by atoms with van der Waals surface area (Å²) in [5, 5.41) is 6.44. The molecule has 5 heteroatoms. The van der Waals surface area contributed by atoms with Gasteiger partial charge in [0.15, 0.2) is 17.5 Å². The lowest BCUT2D eigenvalue weighted by Gasteiger charge is -2.11. The van der Waals surface area contributed by atoms with E-state index in [1.165, 1.54) is 16.5 Å². The molecule has 0 radical (unpaired) electrons. The second-order valence-electron chi connectivity index (χ2n) is 11.1. The number of hydrogen-bond donors (Lipinski definition) is 0. The summed E-state index contributed by atoms with van der Waals surface area (Å²) < 4.78 is 6.10. The van der Waals surface area contributed by atoms with Crippen molar-refractivity contribution in [1.29, 1.82) is 0 Å². The average Bonchev–Trinajstić information content (AvgIpc) is 3.50. The summed E-state index contributed by atoms with van der Waals surface area (Å²) in [5.41, 5.74) is 6.41. The molecule has 0 fully saturated rings. The molecule has 9 aromatic rings. The zero-order valence-electron chi connectivity index (χ0n) is 24.1. The maximum Gasteiger partial charge on any atom is 0.228 e. The van der Waals surface area contributed by atoms with Gasteiger partial charge in [0.2, 0.25) is 5.71 Å². The van der Waals surface area contributed by atoms with Crippen molar-refractivity contribution in [3.63, 3.8) is 0 Å². The van der Waals surface area contributed by atoms with Crippen LogP contribution in [0, 0.1) is 0 Å². The summed E-state index contributed by atoms with van der Waals surface area (Å²) in [4.78, 5) is 19.7. The third-order valence-electron chi connectivity index (χ3n) is 8.37. The fourth-order valence-corrected chi connectivity index (χ4v) is 6.11. The molecular weight excluding hydrogens is 552 g/mol. The van der Waals surface area contributed by atoms with Crippen LogP contribution in [-0.4, -0.2) is 19.9 Å². The van der Waals surface area contributed by atoms with Crippen LogP contribution in [0.5, 0.6) is 0 Å². The van der Waals surface area contributed by atoms with E-state index in [1.807, 2.05) is 48.5 Å². The molecule has 210 valence electrons. The van der Waals surface area contributed by atoms with E-state index in [9.17, 15) is 0 Å². The van der Waals surface area contributed by atoms with Gasteiger partial charge in [-0.2, -0.15) is 0 Å². The van der Waals surface area contributed by atoms with Crippen LogP contribution in [0.25, 0.3) is 88.9 Å². The maximum atomic E-state index is 6.10. The maximum absolute atomic E-state index is 6.10. The first-order chi connectivity index (χ1) is 22.3.